The Kier molecular flexibility index (Phi) is 3.77. The number of hydrogen-bond donors (Lipinski definition) is 1. The number of rotatable bonds is 3. The zero-order valence-corrected chi connectivity index (χ0v) is 10.5. The van der Waals surface area contributed by atoms with Gasteiger partial charge in [-0.2, -0.15) is 11.8 Å². The lowest BCUT2D eigenvalue weighted by atomic mass is 9.93. The number of ether oxygens (including phenoxy) is 1. The van der Waals surface area contributed by atoms with Crippen LogP contribution in [0.1, 0.15) is 19.3 Å². The number of carbonyl (C=O) groups is 1. The quantitative estimate of drug-likeness (QED) is 0.805. The second-order valence-electron chi connectivity index (χ2n) is 4.56. The van der Waals surface area contributed by atoms with Crippen LogP contribution in [0.2, 0.25) is 0 Å². The summed E-state index contributed by atoms with van der Waals surface area (Å²) in [4.78, 5) is 13.6. The lowest BCUT2D eigenvalue weighted by Crippen LogP contribution is -2.57. The molecule has 0 amide bonds. The first-order valence-electron chi connectivity index (χ1n) is 5.78. The van der Waals surface area contributed by atoms with Crippen molar-refractivity contribution in [3.05, 3.63) is 0 Å². The largest absolute Gasteiger partial charge is 0.480 e. The third-order valence-corrected chi connectivity index (χ3v) is 4.95. The third kappa shape index (κ3) is 2.08. The summed E-state index contributed by atoms with van der Waals surface area (Å²) in [5.74, 6) is 1.06. The molecule has 0 aromatic rings. The Morgan fingerprint density at radius 2 is 2.19 bits per heavy atom. The van der Waals surface area contributed by atoms with E-state index >= 15 is 0 Å². The number of nitrogens with zero attached hydrogens (tertiary/aromatic N) is 1. The van der Waals surface area contributed by atoms with Crippen LogP contribution >= 0.6 is 11.8 Å². The number of likely N-dealkylation sites (tertiary alicyclic amines) is 1. The third-order valence-electron chi connectivity index (χ3n) is 3.78. The van der Waals surface area contributed by atoms with E-state index in [2.05, 4.69) is 4.90 Å². The molecule has 2 fully saturated rings. The van der Waals surface area contributed by atoms with Gasteiger partial charge >= 0.3 is 5.97 Å². The minimum atomic E-state index is -0.645. The van der Waals surface area contributed by atoms with Crippen molar-refractivity contribution in [3.8, 4) is 0 Å². The van der Waals surface area contributed by atoms with E-state index in [4.69, 9.17) is 4.74 Å². The minimum Gasteiger partial charge on any atom is -0.480 e. The summed E-state index contributed by atoms with van der Waals surface area (Å²) in [6.07, 6.45) is 3.01. The van der Waals surface area contributed by atoms with Gasteiger partial charge in [-0.15, -0.1) is 0 Å². The molecule has 0 radical (unpaired) electrons. The van der Waals surface area contributed by atoms with Crippen molar-refractivity contribution in [2.75, 3.05) is 31.7 Å². The van der Waals surface area contributed by atoms with Crippen molar-refractivity contribution in [1.82, 2.24) is 4.90 Å². The van der Waals surface area contributed by atoms with Crippen molar-refractivity contribution >= 4 is 17.7 Å². The van der Waals surface area contributed by atoms with Crippen LogP contribution in [0.15, 0.2) is 0 Å². The number of thioether (sulfide) groups is 1. The molecule has 0 saturated carbocycles. The Balaban J connectivity index is 2.03. The SMILES string of the molecule is COC1CCN(C2(C(=O)O)CCSC2)CC1. The molecule has 0 aromatic carbocycles. The molecule has 1 unspecified atom stereocenters. The fraction of sp³-hybridized carbons (Fsp3) is 0.909. The molecule has 2 heterocycles. The first-order valence-corrected chi connectivity index (χ1v) is 6.93. The lowest BCUT2D eigenvalue weighted by molar-refractivity contribution is -0.151. The number of aliphatic carboxylic acids is 1. The number of methoxy groups -OCH3 is 1. The maximum Gasteiger partial charge on any atom is 0.325 e. The van der Waals surface area contributed by atoms with Gasteiger partial charge in [0.25, 0.3) is 0 Å². The average Bonchev–Trinajstić information content (AvgIpc) is 2.79. The first-order chi connectivity index (χ1) is 7.69. The molecule has 1 N–H and O–H groups in total. The van der Waals surface area contributed by atoms with E-state index in [1.54, 1.807) is 18.9 Å². The Labute approximate surface area is 100 Å². The molecule has 5 heteroatoms. The fourth-order valence-corrected chi connectivity index (χ4v) is 4.04. The van der Waals surface area contributed by atoms with E-state index in [9.17, 15) is 9.90 Å². The molecule has 0 aliphatic carbocycles. The van der Waals surface area contributed by atoms with Crippen molar-refractivity contribution in [3.63, 3.8) is 0 Å². The number of carboxylic acids is 1. The molecular weight excluding hydrogens is 226 g/mol. The van der Waals surface area contributed by atoms with Crippen LogP contribution in [0, 0.1) is 0 Å². The van der Waals surface area contributed by atoms with Gasteiger partial charge in [0, 0.05) is 26.0 Å². The second-order valence-corrected chi connectivity index (χ2v) is 5.67. The van der Waals surface area contributed by atoms with Gasteiger partial charge in [-0.05, 0) is 25.0 Å². The second kappa shape index (κ2) is 4.94. The normalized spacial score (nSPS) is 33.1. The predicted molar refractivity (Wildman–Crippen MR) is 63.9 cm³/mol. The van der Waals surface area contributed by atoms with Gasteiger partial charge in [-0.1, -0.05) is 0 Å². The summed E-state index contributed by atoms with van der Waals surface area (Å²) in [6.45, 7) is 1.71. The van der Waals surface area contributed by atoms with E-state index in [1.807, 2.05) is 0 Å². The monoisotopic (exact) mass is 245 g/mol. The fourth-order valence-electron chi connectivity index (χ4n) is 2.63. The number of piperidine rings is 1. The highest BCUT2D eigenvalue weighted by molar-refractivity contribution is 7.99. The number of carboxylic acid groups (broad SMARTS) is 1. The topological polar surface area (TPSA) is 49.8 Å². The first kappa shape index (κ1) is 12.2. The van der Waals surface area contributed by atoms with Crippen LogP contribution in [0.4, 0.5) is 0 Å². The van der Waals surface area contributed by atoms with Gasteiger partial charge in [0.15, 0.2) is 0 Å². The average molecular weight is 245 g/mol. The van der Waals surface area contributed by atoms with Crippen LogP contribution in [0.25, 0.3) is 0 Å². The molecule has 0 aromatic heterocycles. The summed E-state index contributed by atoms with van der Waals surface area (Å²) >= 11 is 1.76. The predicted octanol–water partition coefficient (Wildman–Crippen LogP) is 1.06. The van der Waals surface area contributed by atoms with Gasteiger partial charge in [0.05, 0.1) is 6.10 Å². The molecule has 2 rings (SSSR count). The summed E-state index contributed by atoms with van der Waals surface area (Å²) < 4.78 is 5.32. The van der Waals surface area contributed by atoms with Crippen LogP contribution < -0.4 is 0 Å². The number of hydrogen-bond acceptors (Lipinski definition) is 4. The Bertz CT molecular complexity index is 258. The van der Waals surface area contributed by atoms with Crippen molar-refractivity contribution in [2.45, 2.75) is 30.9 Å². The van der Waals surface area contributed by atoms with Crippen molar-refractivity contribution in [2.24, 2.45) is 0 Å². The Morgan fingerprint density at radius 3 is 2.62 bits per heavy atom. The zero-order valence-electron chi connectivity index (χ0n) is 9.65. The van der Waals surface area contributed by atoms with E-state index in [0.717, 1.165) is 43.9 Å². The maximum absolute atomic E-state index is 11.5. The van der Waals surface area contributed by atoms with Gasteiger partial charge in [0.2, 0.25) is 0 Å². The maximum atomic E-state index is 11.5. The smallest absolute Gasteiger partial charge is 0.325 e. The molecule has 1 atom stereocenters. The van der Waals surface area contributed by atoms with E-state index in [-0.39, 0.29) is 0 Å². The highest BCUT2D eigenvalue weighted by atomic mass is 32.2. The van der Waals surface area contributed by atoms with Crippen LogP contribution in [-0.4, -0.2) is 59.3 Å². The minimum absolute atomic E-state index is 0.316. The summed E-state index contributed by atoms with van der Waals surface area (Å²) in [5.41, 5.74) is -0.594. The summed E-state index contributed by atoms with van der Waals surface area (Å²) in [5, 5.41) is 9.45. The summed E-state index contributed by atoms with van der Waals surface area (Å²) in [6, 6.07) is 0. The van der Waals surface area contributed by atoms with Gasteiger partial charge in [-0.3, -0.25) is 9.69 Å². The highest BCUT2D eigenvalue weighted by Crippen LogP contribution is 2.35. The van der Waals surface area contributed by atoms with Crippen LogP contribution in [0.3, 0.4) is 0 Å². The van der Waals surface area contributed by atoms with Crippen LogP contribution in [-0.2, 0) is 9.53 Å². The van der Waals surface area contributed by atoms with E-state index in [1.165, 1.54) is 0 Å². The molecule has 4 nitrogen and oxygen atoms in total. The molecule has 2 aliphatic heterocycles. The molecule has 92 valence electrons. The zero-order chi connectivity index (χ0) is 11.6. The van der Waals surface area contributed by atoms with Crippen molar-refractivity contribution < 1.29 is 14.6 Å². The summed E-state index contributed by atoms with van der Waals surface area (Å²) in [7, 11) is 1.73. The molecule has 0 bridgehead atoms. The van der Waals surface area contributed by atoms with Crippen molar-refractivity contribution in [1.29, 1.82) is 0 Å². The van der Waals surface area contributed by atoms with E-state index < -0.39 is 11.5 Å². The molecular formula is C11H19NO3S. The molecule has 0 spiro atoms. The molecule has 2 aliphatic rings. The molecule has 2 saturated heterocycles. The van der Waals surface area contributed by atoms with Gasteiger partial charge in [-0.25, -0.2) is 0 Å². The van der Waals surface area contributed by atoms with E-state index in [0.29, 0.717) is 6.10 Å². The van der Waals surface area contributed by atoms with Gasteiger partial charge in [0.1, 0.15) is 5.54 Å². The standard InChI is InChI=1S/C11H19NO3S/c1-15-9-2-5-12(6-3-9)11(10(13)14)4-7-16-8-11/h9H,2-8H2,1H3,(H,13,14). The highest BCUT2D eigenvalue weighted by Gasteiger charge is 2.47. The van der Waals surface area contributed by atoms with Gasteiger partial charge < -0.3 is 9.84 Å². The van der Waals surface area contributed by atoms with Crippen LogP contribution in [0.5, 0.6) is 0 Å². The Hall–Kier alpha value is -0.260. The Morgan fingerprint density at radius 1 is 1.50 bits per heavy atom. The molecule has 16 heavy (non-hydrogen) atoms. The lowest BCUT2D eigenvalue weighted by Gasteiger charge is -2.41.